The third kappa shape index (κ3) is 3.53. The van der Waals surface area contributed by atoms with Crippen LogP contribution in [0.15, 0.2) is 0 Å². The molecule has 4 N–H and O–H groups in total. The van der Waals surface area contributed by atoms with Crippen molar-refractivity contribution in [3.63, 3.8) is 0 Å². The molecule has 1 aliphatic carbocycles. The van der Waals surface area contributed by atoms with Crippen LogP contribution in [-0.2, 0) is 10.2 Å². The molecule has 2 atom stereocenters. The first kappa shape index (κ1) is 11.9. The molecule has 0 spiro atoms. The van der Waals surface area contributed by atoms with Gasteiger partial charge in [-0.3, -0.25) is 0 Å². The number of rotatable bonds is 4. The van der Waals surface area contributed by atoms with E-state index in [0.717, 1.165) is 25.7 Å². The van der Waals surface area contributed by atoms with Gasteiger partial charge < -0.3 is 5.73 Å². The van der Waals surface area contributed by atoms with Crippen LogP contribution in [0.4, 0.5) is 0 Å². The van der Waals surface area contributed by atoms with Crippen molar-refractivity contribution in [3.8, 4) is 0 Å². The molecule has 0 saturated heterocycles. The molecule has 6 heteroatoms. The molecule has 0 heterocycles. The first-order valence-corrected chi connectivity index (χ1v) is 6.47. The van der Waals surface area contributed by atoms with Gasteiger partial charge in [0.15, 0.2) is 0 Å². The van der Waals surface area contributed by atoms with Gasteiger partial charge in [-0.1, -0.05) is 12.8 Å². The summed E-state index contributed by atoms with van der Waals surface area (Å²) >= 11 is 0. The molecule has 14 heavy (non-hydrogen) atoms. The Labute approximate surface area is 85.6 Å². The van der Waals surface area contributed by atoms with Gasteiger partial charge in [-0.05, 0) is 18.8 Å². The summed E-state index contributed by atoms with van der Waals surface area (Å²) in [6.45, 7) is 0.449. The van der Waals surface area contributed by atoms with E-state index in [-0.39, 0.29) is 12.0 Å². The van der Waals surface area contributed by atoms with E-state index in [1.807, 2.05) is 0 Å². The number of nitrogens with two attached hydrogens (primary N) is 1. The Morgan fingerprint density at radius 1 is 1.36 bits per heavy atom. The Hall–Kier alpha value is -0.170. The highest BCUT2D eigenvalue weighted by Gasteiger charge is 2.22. The highest BCUT2D eigenvalue weighted by molar-refractivity contribution is 7.87. The van der Waals surface area contributed by atoms with Gasteiger partial charge in [0, 0.05) is 19.6 Å². The van der Waals surface area contributed by atoms with Gasteiger partial charge in [0.2, 0.25) is 0 Å². The van der Waals surface area contributed by atoms with Crippen LogP contribution in [0.3, 0.4) is 0 Å². The van der Waals surface area contributed by atoms with Crippen LogP contribution in [0.2, 0.25) is 0 Å². The van der Waals surface area contributed by atoms with Gasteiger partial charge in [-0.25, -0.2) is 9.44 Å². The summed E-state index contributed by atoms with van der Waals surface area (Å²) in [6, 6.07) is 0.142. The maximum absolute atomic E-state index is 11.1. The van der Waals surface area contributed by atoms with Gasteiger partial charge in [-0.2, -0.15) is 8.42 Å². The first-order valence-electron chi connectivity index (χ1n) is 4.99. The largest absolute Gasteiger partial charge is 0.327 e. The Morgan fingerprint density at radius 3 is 2.57 bits per heavy atom. The van der Waals surface area contributed by atoms with Crippen molar-refractivity contribution in [2.75, 3.05) is 13.6 Å². The summed E-state index contributed by atoms with van der Waals surface area (Å²) in [6.07, 6.45) is 4.34. The SMILES string of the molecule is CNS(=O)(=O)NCC1CCCCC1N. The van der Waals surface area contributed by atoms with Crippen LogP contribution >= 0.6 is 0 Å². The molecule has 0 aromatic heterocycles. The number of hydrogen-bond donors (Lipinski definition) is 3. The lowest BCUT2D eigenvalue weighted by atomic mass is 9.85. The Bertz CT molecular complexity index is 266. The normalized spacial score (nSPS) is 29.0. The molecule has 0 aromatic rings. The fourth-order valence-electron chi connectivity index (χ4n) is 1.78. The van der Waals surface area contributed by atoms with Gasteiger partial charge in [0.25, 0.3) is 10.2 Å². The van der Waals surface area contributed by atoms with E-state index in [1.54, 1.807) is 0 Å². The van der Waals surface area contributed by atoms with E-state index < -0.39 is 10.2 Å². The quantitative estimate of drug-likeness (QED) is 0.601. The minimum atomic E-state index is -3.30. The Balaban J connectivity index is 2.36. The molecular weight excluding hydrogens is 202 g/mol. The zero-order chi connectivity index (χ0) is 10.6. The van der Waals surface area contributed by atoms with Crippen LogP contribution < -0.4 is 15.2 Å². The summed E-state index contributed by atoms with van der Waals surface area (Å²) in [5, 5.41) is 0. The van der Waals surface area contributed by atoms with Crippen LogP contribution in [0.1, 0.15) is 25.7 Å². The Morgan fingerprint density at radius 2 is 2.00 bits per heavy atom. The molecule has 5 nitrogen and oxygen atoms in total. The topological polar surface area (TPSA) is 84.2 Å². The van der Waals surface area contributed by atoms with Crippen LogP contribution in [-0.4, -0.2) is 28.1 Å². The average Bonchev–Trinajstić information content (AvgIpc) is 2.17. The van der Waals surface area contributed by atoms with Gasteiger partial charge in [0.1, 0.15) is 0 Å². The van der Waals surface area contributed by atoms with Crippen LogP contribution in [0, 0.1) is 5.92 Å². The predicted octanol–water partition coefficient (Wildman–Crippen LogP) is -0.442. The molecule has 0 amide bonds. The fraction of sp³-hybridized carbons (Fsp3) is 1.00. The summed E-state index contributed by atoms with van der Waals surface area (Å²) in [5.74, 6) is 0.284. The van der Waals surface area contributed by atoms with Crippen LogP contribution in [0.25, 0.3) is 0 Å². The van der Waals surface area contributed by atoms with E-state index in [1.165, 1.54) is 7.05 Å². The smallest absolute Gasteiger partial charge is 0.276 e. The fourth-order valence-corrected chi connectivity index (χ4v) is 2.36. The van der Waals surface area contributed by atoms with E-state index in [4.69, 9.17) is 5.73 Å². The molecular formula is C8H19N3O2S. The highest BCUT2D eigenvalue weighted by atomic mass is 32.2. The number of hydrogen-bond acceptors (Lipinski definition) is 3. The van der Waals surface area contributed by atoms with Crippen molar-refractivity contribution >= 4 is 10.2 Å². The maximum Gasteiger partial charge on any atom is 0.276 e. The predicted molar refractivity (Wildman–Crippen MR) is 55.9 cm³/mol. The summed E-state index contributed by atoms with van der Waals surface area (Å²) in [4.78, 5) is 0. The maximum atomic E-state index is 11.1. The van der Waals surface area contributed by atoms with Crippen molar-refractivity contribution in [3.05, 3.63) is 0 Å². The molecule has 1 saturated carbocycles. The third-order valence-electron chi connectivity index (χ3n) is 2.77. The lowest BCUT2D eigenvalue weighted by Gasteiger charge is -2.28. The molecule has 0 aliphatic heterocycles. The Kier molecular flexibility index (Phi) is 4.31. The van der Waals surface area contributed by atoms with E-state index >= 15 is 0 Å². The molecule has 2 unspecified atom stereocenters. The monoisotopic (exact) mass is 221 g/mol. The molecule has 0 radical (unpaired) electrons. The van der Waals surface area contributed by atoms with E-state index in [0.29, 0.717) is 6.54 Å². The second-order valence-corrected chi connectivity index (χ2v) is 5.47. The molecule has 1 aliphatic rings. The molecule has 84 valence electrons. The zero-order valence-electron chi connectivity index (χ0n) is 8.49. The van der Waals surface area contributed by atoms with Gasteiger partial charge in [-0.15, -0.1) is 0 Å². The lowest BCUT2D eigenvalue weighted by Crippen LogP contribution is -2.43. The highest BCUT2D eigenvalue weighted by Crippen LogP contribution is 2.22. The molecule has 1 fully saturated rings. The second kappa shape index (κ2) is 5.06. The molecule has 0 bridgehead atoms. The minimum Gasteiger partial charge on any atom is -0.327 e. The first-order chi connectivity index (χ1) is 6.55. The van der Waals surface area contributed by atoms with Crippen LogP contribution in [0.5, 0.6) is 0 Å². The van der Waals surface area contributed by atoms with Crippen molar-refractivity contribution in [1.82, 2.24) is 9.44 Å². The van der Waals surface area contributed by atoms with Gasteiger partial charge in [0.05, 0.1) is 0 Å². The van der Waals surface area contributed by atoms with Crippen molar-refractivity contribution < 1.29 is 8.42 Å². The minimum absolute atomic E-state index is 0.142. The van der Waals surface area contributed by atoms with Crippen molar-refractivity contribution in [2.24, 2.45) is 11.7 Å². The standard InChI is InChI=1S/C8H19N3O2S/c1-10-14(12,13)11-6-7-4-2-3-5-8(7)9/h7-8,10-11H,2-6,9H2,1H3. The van der Waals surface area contributed by atoms with Crippen molar-refractivity contribution in [2.45, 2.75) is 31.7 Å². The number of nitrogens with one attached hydrogen (secondary N) is 2. The lowest BCUT2D eigenvalue weighted by molar-refractivity contribution is 0.308. The third-order valence-corrected chi connectivity index (χ3v) is 3.86. The second-order valence-electron chi connectivity index (χ2n) is 3.76. The van der Waals surface area contributed by atoms with E-state index in [2.05, 4.69) is 9.44 Å². The molecule has 1 rings (SSSR count). The summed E-state index contributed by atoms with van der Waals surface area (Å²) < 4.78 is 26.9. The van der Waals surface area contributed by atoms with Crippen molar-refractivity contribution in [1.29, 1.82) is 0 Å². The summed E-state index contributed by atoms with van der Waals surface area (Å²) in [7, 11) is -1.91. The zero-order valence-corrected chi connectivity index (χ0v) is 9.31. The average molecular weight is 221 g/mol. The van der Waals surface area contributed by atoms with E-state index in [9.17, 15) is 8.42 Å². The summed E-state index contributed by atoms with van der Waals surface area (Å²) in [5.41, 5.74) is 5.89. The molecule has 0 aromatic carbocycles. The van der Waals surface area contributed by atoms with Gasteiger partial charge >= 0.3 is 0 Å².